The third-order valence-electron chi connectivity index (χ3n) is 1.79. The quantitative estimate of drug-likeness (QED) is 0.683. The molecule has 0 nitrogen and oxygen atoms in total. The highest BCUT2D eigenvalue weighted by molar-refractivity contribution is 8.00. The van der Waals surface area contributed by atoms with Crippen LogP contribution in [0.25, 0.3) is 0 Å². The monoisotopic (exact) mass is 218 g/mol. The number of alkyl halides is 2. The lowest BCUT2D eigenvalue weighted by molar-refractivity contribution is 1.35. The Labute approximate surface area is 86.3 Å². The molecule has 0 radical (unpaired) electrons. The van der Waals surface area contributed by atoms with Gasteiger partial charge in [-0.05, 0) is 18.6 Å². The molecule has 0 bridgehead atoms. The van der Waals surface area contributed by atoms with Gasteiger partial charge in [0, 0.05) is 10.1 Å². The average Bonchev–Trinajstić information content (AvgIpc) is 2.61. The lowest BCUT2D eigenvalue weighted by Crippen LogP contribution is -1.89. The molecule has 1 aromatic rings. The number of benzene rings is 1. The molecule has 1 aliphatic carbocycles. The van der Waals surface area contributed by atoms with Gasteiger partial charge in [-0.1, -0.05) is 18.2 Å². The smallest absolute Gasteiger partial charge is 0.119 e. The Balaban J connectivity index is 1.98. The maximum Gasteiger partial charge on any atom is 0.131 e. The summed E-state index contributed by atoms with van der Waals surface area (Å²) in [5, 5.41) is 0.378. The number of halogens is 2. The third kappa shape index (κ3) is 1.90. The van der Waals surface area contributed by atoms with Gasteiger partial charge in [0.2, 0.25) is 0 Å². The standard InChI is InChI=1S/C9H8Cl2S/c10-9(11)6-8(9)12-7-4-2-1-3-5-7/h1-5,8H,6H2/t8-/m0/s1. The largest absolute Gasteiger partial charge is 0.131 e. The van der Waals surface area contributed by atoms with Crippen molar-refractivity contribution >= 4 is 35.0 Å². The van der Waals surface area contributed by atoms with Gasteiger partial charge in [0.15, 0.2) is 0 Å². The van der Waals surface area contributed by atoms with Crippen LogP contribution in [0, 0.1) is 0 Å². The maximum absolute atomic E-state index is 5.90. The molecule has 64 valence electrons. The van der Waals surface area contributed by atoms with E-state index in [2.05, 4.69) is 12.1 Å². The van der Waals surface area contributed by atoms with Gasteiger partial charge in [-0.2, -0.15) is 0 Å². The van der Waals surface area contributed by atoms with Gasteiger partial charge in [0.05, 0.1) is 0 Å². The second-order valence-corrected chi connectivity index (χ2v) is 5.70. The van der Waals surface area contributed by atoms with E-state index in [1.807, 2.05) is 18.2 Å². The molecule has 3 heteroatoms. The van der Waals surface area contributed by atoms with Crippen molar-refractivity contribution in [3.8, 4) is 0 Å². The van der Waals surface area contributed by atoms with Gasteiger partial charge in [-0.15, -0.1) is 35.0 Å². The van der Waals surface area contributed by atoms with Crippen LogP contribution in [0.4, 0.5) is 0 Å². The SMILES string of the molecule is ClC1(Cl)C[C@@H]1Sc1ccccc1. The van der Waals surface area contributed by atoms with Gasteiger partial charge in [-0.3, -0.25) is 0 Å². The molecule has 0 unspecified atom stereocenters. The van der Waals surface area contributed by atoms with Crippen LogP contribution >= 0.6 is 35.0 Å². The number of hydrogen-bond donors (Lipinski definition) is 0. The molecular weight excluding hydrogens is 211 g/mol. The van der Waals surface area contributed by atoms with Crippen molar-refractivity contribution in [1.82, 2.24) is 0 Å². The van der Waals surface area contributed by atoms with Gasteiger partial charge in [0.1, 0.15) is 4.33 Å². The molecule has 1 aromatic carbocycles. The van der Waals surface area contributed by atoms with Crippen LogP contribution in [-0.4, -0.2) is 9.58 Å². The Hall–Kier alpha value is 0.150. The topological polar surface area (TPSA) is 0 Å². The second-order valence-electron chi connectivity index (χ2n) is 2.88. The molecule has 2 rings (SSSR count). The van der Waals surface area contributed by atoms with Crippen molar-refractivity contribution in [2.75, 3.05) is 0 Å². The molecule has 12 heavy (non-hydrogen) atoms. The predicted molar refractivity (Wildman–Crippen MR) is 55.1 cm³/mol. The zero-order valence-electron chi connectivity index (χ0n) is 6.34. The van der Waals surface area contributed by atoms with E-state index in [1.54, 1.807) is 11.8 Å². The molecule has 0 saturated heterocycles. The van der Waals surface area contributed by atoms with E-state index in [1.165, 1.54) is 4.90 Å². The van der Waals surface area contributed by atoms with Crippen LogP contribution in [0.15, 0.2) is 35.2 Å². The Morgan fingerprint density at radius 1 is 1.25 bits per heavy atom. The first-order valence-corrected chi connectivity index (χ1v) is 5.41. The molecule has 0 amide bonds. The summed E-state index contributed by atoms with van der Waals surface area (Å²) >= 11 is 13.6. The molecule has 0 spiro atoms. The van der Waals surface area contributed by atoms with Crippen LogP contribution in [0.1, 0.15) is 6.42 Å². The number of rotatable bonds is 2. The molecule has 1 atom stereocenters. The predicted octanol–water partition coefficient (Wildman–Crippen LogP) is 3.72. The minimum Gasteiger partial charge on any atom is -0.119 e. The summed E-state index contributed by atoms with van der Waals surface area (Å²) in [6.07, 6.45) is 0.898. The van der Waals surface area contributed by atoms with Crippen LogP contribution in [-0.2, 0) is 0 Å². The van der Waals surface area contributed by atoms with Crippen LogP contribution in [0.2, 0.25) is 0 Å². The fourth-order valence-corrected chi connectivity index (χ4v) is 2.90. The molecule has 0 heterocycles. The summed E-state index contributed by atoms with van der Waals surface area (Å²) in [6.45, 7) is 0. The van der Waals surface area contributed by atoms with Gasteiger partial charge in [0.25, 0.3) is 0 Å². The van der Waals surface area contributed by atoms with Gasteiger partial charge in [-0.25, -0.2) is 0 Å². The zero-order chi connectivity index (χ0) is 8.60. The van der Waals surface area contributed by atoms with Crippen LogP contribution < -0.4 is 0 Å². The lowest BCUT2D eigenvalue weighted by Gasteiger charge is -1.99. The van der Waals surface area contributed by atoms with Crippen LogP contribution in [0.5, 0.6) is 0 Å². The number of hydrogen-bond acceptors (Lipinski definition) is 1. The Morgan fingerprint density at radius 3 is 2.33 bits per heavy atom. The Morgan fingerprint density at radius 2 is 1.83 bits per heavy atom. The Kier molecular flexibility index (Phi) is 2.28. The van der Waals surface area contributed by atoms with Crippen molar-refractivity contribution in [3.05, 3.63) is 30.3 Å². The van der Waals surface area contributed by atoms with Gasteiger partial charge < -0.3 is 0 Å². The molecule has 1 fully saturated rings. The number of thioether (sulfide) groups is 1. The van der Waals surface area contributed by atoms with Crippen molar-refractivity contribution in [3.63, 3.8) is 0 Å². The van der Waals surface area contributed by atoms with E-state index in [0.717, 1.165) is 6.42 Å². The van der Waals surface area contributed by atoms with Crippen molar-refractivity contribution < 1.29 is 0 Å². The van der Waals surface area contributed by atoms with Crippen molar-refractivity contribution in [1.29, 1.82) is 0 Å². The third-order valence-corrected chi connectivity index (χ3v) is 4.28. The van der Waals surface area contributed by atoms with E-state index in [4.69, 9.17) is 23.2 Å². The zero-order valence-corrected chi connectivity index (χ0v) is 8.66. The second kappa shape index (κ2) is 3.13. The minimum atomic E-state index is -0.472. The van der Waals surface area contributed by atoms with E-state index in [9.17, 15) is 0 Å². The highest BCUT2D eigenvalue weighted by Crippen LogP contribution is 2.56. The van der Waals surface area contributed by atoms with Crippen molar-refractivity contribution in [2.24, 2.45) is 0 Å². The first-order valence-electron chi connectivity index (χ1n) is 3.78. The first kappa shape index (κ1) is 8.74. The van der Waals surface area contributed by atoms with Crippen molar-refractivity contribution in [2.45, 2.75) is 20.9 Å². The summed E-state index contributed by atoms with van der Waals surface area (Å²) in [5.41, 5.74) is 0. The highest BCUT2D eigenvalue weighted by atomic mass is 35.5. The van der Waals surface area contributed by atoms with E-state index < -0.39 is 4.33 Å². The first-order chi connectivity index (χ1) is 5.68. The van der Waals surface area contributed by atoms with E-state index >= 15 is 0 Å². The fraction of sp³-hybridized carbons (Fsp3) is 0.333. The summed E-state index contributed by atoms with van der Waals surface area (Å²) in [6, 6.07) is 10.2. The highest BCUT2D eigenvalue weighted by Gasteiger charge is 2.52. The summed E-state index contributed by atoms with van der Waals surface area (Å²) in [7, 11) is 0. The lowest BCUT2D eigenvalue weighted by atomic mass is 10.4. The van der Waals surface area contributed by atoms with Crippen LogP contribution in [0.3, 0.4) is 0 Å². The molecule has 0 aromatic heterocycles. The fourth-order valence-electron chi connectivity index (χ4n) is 0.979. The molecule has 1 aliphatic rings. The molecule has 0 aliphatic heterocycles. The Bertz CT molecular complexity index is 271. The molecular formula is C9H8Cl2S. The summed E-state index contributed by atoms with van der Waals surface area (Å²) < 4.78 is -0.472. The average molecular weight is 219 g/mol. The minimum absolute atomic E-state index is 0.378. The maximum atomic E-state index is 5.90. The molecule has 0 N–H and O–H groups in total. The normalized spacial score (nSPS) is 25.3. The van der Waals surface area contributed by atoms with E-state index in [-0.39, 0.29) is 0 Å². The van der Waals surface area contributed by atoms with E-state index in [0.29, 0.717) is 5.25 Å². The summed E-state index contributed by atoms with van der Waals surface area (Å²) in [4.78, 5) is 1.24. The summed E-state index contributed by atoms with van der Waals surface area (Å²) in [5.74, 6) is 0. The molecule has 1 saturated carbocycles. The van der Waals surface area contributed by atoms with Gasteiger partial charge >= 0.3 is 0 Å².